The van der Waals surface area contributed by atoms with E-state index >= 15 is 0 Å². The van der Waals surface area contributed by atoms with Gasteiger partial charge in [0.05, 0.1) is 11.6 Å². The second-order valence-electron chi connectivity index (χ2n) is 3.94. The molecule has 0 spiro atoms. The van der Waals surface area contributed by atoms with E-state index in [0.717, 1.165) is 0 Å². The number of nitrogens with two attached hydrogens (primary N) is 1. The SMILES string of the molecule is Cc1ccc(C#N)cc1Oc1nc(NN)c(F)cc1F. The maximum absolute atomic E-state index is 13.6. The molecule has 0 atom stereocenters. The maximum Gasteiger partial charge on any atom is 0.258 e. The minimum atomic E-state index is -0.969. The Balaban J connectivity index is 2.42. The summed E-state index contributed by atoms with van der Waals surface area (Å²) >= 11 is 0. The van der Waals surface area contributed by atoms with Gasteiger partial charge in [0.2, 0.25) is 0 Å². The lowest BCUT2D eigenvalue weighted by molar-refractivity contribution is 0.415. The molecular weight excluding hydrogens is 266 g/mol. The molecule has 0 radical (unpaired) electrons. The molecule has 0 aliphatic carbocycles. The number of hydrogen-bond donors (Lipinski definition) is 2. The van der Waals surface area contributed by atoms with Gasteiger partial charge in [-0.25, -0.2) is 14.6 Å². The van der Waals surface area contributed by atoms with Crippen molar-refractivity contribution in [2.45, 2.75) is 6.92 Å². The van der Waals surface area contributed by atoms with Gasteiger partial charge in [-0.1, -0.05) is 6.07 Å². The molecule has 2 rings (SSSR count). The van der Waals surface area contributed by atoms with Crippen LogP contribution in [0.4, 0.5) is 14.6 Å². The Kier molecular flexibility index (Phi) is 3.77. The Morgan fingerprint density at radius 3 is 2.70 bits per heavy atom. The van der Waals surface area contributed by atoms with Crippen LogP contribution < -0.4 is 16.0 Å². The van der Waals surface area contributed by atoms with Gasteiger partial charge in [-0.05, 0) is 24.6 Å². The molecule has 1 heterocycles. The van der Waals surface area contributed by atoms with Crippen molar-refractivity contribution in [3.05, 3.63) is 47.0 Å². The fourth-order valence-electron chi connectivity index (χ4n) is 1.51. The van der Waals surface area contributed by atoms with Crippen LogP contribution in [0.3, 0.4) is 0 Å². The van der Waals surface area contributed by atoms with Gasteiger partial charge in [-0.15, -0.1) is 0 Å². The van der Waals surface area contributed by atoms with E-state index in [-0.39, 0.29) is 11.6 Å². The molecule has 3 N–H and O–H groups in total. The highest BCUT2D eigenvalue weighted by Crippen LogP contribution is 2.28. The fraction of sp³-hybridized carbons (Fsp3) is 0.0769. The molecule has 0 saturated carbocycles. The summed E-state index contributed by atoms with van der Waals surface area (Å²) in [5.41, 5.74) is 3.03. The summed E-state index contributed by atoms with van der Waals surface area (Å²) in [4.78, 5) is 3.59. The lowest BCUT2D eigenvalue weighted by Crippen LogP contribution is -2.11. The average Bonchev–Trinajstić information content (AvgIpc) is 2.44. The maximum atomic E-state index is 13.6. The predicted molar refractivity (Wildman–Crippen MR) is 67.9 cm³/mol. The fourth-order valence-corrected chi connectivity index (χ4v) is 1.51. The van der Waals surface area contributed by atoms with Gasteiger partial charge in [0, 0.05) is 6.07 Å². The zero-order chi connectivity index (χ0) is 14.7. The van der Waals surface area contributed by atoms with Crippen LogP contribution in [-0.2, 0) is 0 Å². The summed E-state index contributed by atoms with van der Waals surface area (Å²) in [7, 11) is 0. The molecule has 7 heteroatoms. The number of aryl methyl sites for hydroxylation is 1. The summed E-state index contributed by atoms with van der Waals surface area (Å²) < 4.78 is 32.1. The van der Waals surface area contributed by atoms with E-state index in [9.17, 15) is 8.78 Å². The minimum absolute atomic E-state index is 0.255. The third kappa shape index (κ3) is 2.65. The van der Waals surface area contributed by atoms with Crippen molar-refractivity contribution >= 4 is 5.82 Å². The second-order valence-corrected chi connectivity index (χ2v) is 3.94. The Bertz CT molecular complexity index is 698. The molecule has 102 valence electrons. The third-order valence-corrected chi connectivity index (χ3v) is 2.56. The van der Waals surface area contributed by atoms with E-state index in [1.807, 2.05) is 11.5 Å². The number of ether oxygens (including phenoxy) is 1. The van der Waals surface area contributed by atoms with Crippen molar-refractivity contribution in [1.29, 1.82) is 5.26 Å². The third-order valence-electron chi connectivity index (χ3n) is 2.56. The van der Waals surface area contributed by atoms with Crippen molar-refractivity contribution in [3.8, 4) is 17.7 Å². The number of pyridine rings is 1. The number of nitriles is 1. The molecule has 0 aliphatic heterocycles. The zero-order valence-electron chi connectivity index (χ0n) is 10.4. The van der Waals surface area contributed by atoms with Crippen molar-refractivity contribution < 1.29 is 13.5 Å². The van der Waals surface area contributed by atoms with E-state index < -0.39 is 17.5 Å². The lowest BCUT2D eigenvalue weighted by atomic mass is 10.1. The standard InChI is InChI=1S/C13H10F2N4O/c1-7-2-3-8(6-16)4-11(7)20-13-10(15)5-9(14)12(18-13)19-17/h2-5H,17H2,1H3,(H,18,19). The number of rotatable bonds is 3. The first-order chi connectivity index (χ1) is 9.55. The van der Waals surface area contributed by atoms with E-state index in [0.29, 0.717) is 17.2 Å². The molecule has 0 saturated heterocycles. The number of benzene rings is 1. The van der Waals surface area contributed by atoms with Crippen LogP contribution in [0.2, 0.25) is 0 Å². The largest absolute Gasteiger partial charge is 0.436 e. The Labute approximate surface area is 113 Å². The molecular formula is C13H10F2N4O. The quantitative estimate of drug-likeness (QED) is 0.665. The number of nitrogens with zero attached hydrogens (tertiary/aromatic N) is 2. The van der Waals surface area contributed by atoms with Gasteiger partial charge >= 0.3 is 0 Å². The van der Waals surface area contributed by atoms with Gasteiger partial charge in [0.1, 0.15) is 5.75 Å². The number of nitrogens with one attached hydrogen (secondary N) is 1. The molecule has 1 aromatic carbocycles. The van der Waals surface area contributed by atoms with Gasteiger partial charge in [0.25, 0.3) is 5.88 Å². The average molecular weight is 276 g/mol. The van der Waals surface area contributed by atoms with Crippen LogP contribution in [0.1, 0.15) is 11.1 Å². The second kappa shape index (κ2) is 5.50. The van der Waals surface area contributed by atoms with Crippen molar-refractivity contribution in [2.24, 2.45) is 5.84 Å². The number of hydrazine groups is 1. The smallest absolute Gasteiger partial charge is 0.258 e. The predicted octanol–water partition coefficient (Wildman–Crippen LogP) is 2.62. The molecule has 0 bridgehead atoms. The van der Waals surface area contributed by atoms with Crippen LogP contribution in [0.25, 0.3) is 0 Å². The first kappa shape index (κ1) is 13.7. The topological polar surface area (TPSA) is 84.0 Å². The summed E-state index contributed by atoms with van der Waals surface area (Å²) in [5.74, 6) is 2.65. The highest BCUT2D eigenvalue weighted by Gasteiger charge is 2.14. The Hall–Kier alpha value is -2.72. The number of hydrogen-bond acceptors (Lipinski definition) is 5. The molecule has 5 nitrogen and oxygen atoms in total. The van der Waals surface area contributed by atoms with Gasteiger partial charge in [-0.3, -0.25) is 0 Å². The van der Waals surface area contributed by atoms with Crippen molar-refractivity contribution in [3.63, 3.8) is 0 Å². The van der Waals surface area contributed by atoms with Gasteiger partial charge in [0.15, 0.2) is 17.5 Å². The minimum Gasteiger partial charge on any atom is -0.436 e. The number of anilines is 1. The Morgan fingerprint density at radius 2 is 2.05 bits per heavy atom. The molecule has 0 unspecified atom stereocenters. The number of aromatic nitrogens is 1. The summed E-state index contributed by atoms with van der Waals surface area (Å²) in [6.45, 7) is 1.72. The molecule has 1 aromatic heterocycles. The van der Waals surface area contributed by atoms with E-state index in [4.69, 9.17) is 15.8 Å². The first-order valence-electron chi connectivity index (χ1n) is 5.56. The number of halogens is 2. The van der Waals surface area contributed by atoms with Crippen LogP contribution in [0, 0.1) is 29.9 Å². The van der Waals surface area contributed by atoms with Crippen LogP contribution in [0.5, 0.6) is 11.6 Å². The summed E-state index contributed by atoms with van der Waals surface area (Å²) in [5, 5.41) is 8.82. The molecule has 0 aliphatic rings. The molecule has 2 aromatic rings. The van der Waals surface area contributed by atoms with Crippen molar-refractivity contribution in [2.75, 3.05) is 5.43 Å². The van der Waals surface area contributed by atoms with E-state index in [1.165, 1.54) is 6.07 Å². The van der Waals surface area contributed by atoms with Crippen molar-refractivity contribution in [1.82, 2.24) is 4.98 Å². The molecule has 0 fully saturated rings. The molecule has 0 amide bonds. The van der Waals surface area contributed by atoms with Crippen LogP contribution >= 0.6 is 0 Å². The van der Waals surface area contributed by atoms with E-state index in [1.54, 1.807) is 19.1 Å². The summed E-state index contributed by atoms with van der Waals surface area (Å²) in [6.07, 6.45) is 0. The van der Waals surface area contributed by atoms with E-state index in [2.05, 4.69) is 4.98 Å². The normalized spacial score (nSPS) is 9.95. The summed E-state index contributed by atoms with van der Waals surface area (Å²) in [6, 6.07) is 7.24. The zero-order valence-corrected chi connectivity index (χ0v) is 10.4. The first-order valence-corrected chi connectivity index (χ1v) is 5.56. The van der Waals surface area contributed by atoms with Gasteiger partial charge < -0.3 is 10.2 Å². The van der Waals surface area contributed by atoms with Crippen LogP contribution in [-0.4, -0.2) is 4.98 Å². The monoisotopic (exact) mass is 276 g/mol. The Morgan fingerprint density at radius 1 is 1.30 bits per heavy atom. The highest BCUT2D eigenvalue weighted by atomic mass is 19.1. The highest BCUT2D eigenvalue weighted by molar-refractivity contribution is 5.45. The number of nitrogen functional groups attached to an aromatic ring is 1. The van der Waals surface area contributed by atoms with Gasteiger partial charge in [-0.2, -0.15) is 10.2 Å². The molecule has 20 heavy (non-hydrogen) atoms. The lowest BCUT2D eigenvalue weighted by Gasteiger charge is -2.10. The van der Waals surface area contributed by atoms with Crippen LogP contribution in [0.15, 0.2) is 24.3 Å².